The third-order valence-corrected chi connectivity index (χ3v) is 5.44. The highest BCUT2D eigenvalue weighted by Crippen LogP contribution is 2.22. The van der Waals surface area contributed by atoms with E-state index in [0.29, 0.717) is 13.2 Å². The van der Waals surface area contributed by atoms with E-state index in [1.165, 1.54) is 5.56 Å². The fourth-order valence-corrected chi connectivity index (χ4v) is 3.80. The molecule has 2 fully saturated rings. The Morgan fingerprint density at radius 3 is 2.41 bits per heavy atom. The highest BCUT2D eigenvalue weighted by molar-refractivity contribution is 5.69. The van der Waals surface area contributed by atoms with Gasteiger partial charge < -0.3 is 25.0 Å². The molecule has 1 aromatic rings. The molecule has 2 saturated heterocycles. The molecule has 0 unspecified atom stereocenters. The van der Waals surface area contributed by atoms with Crippen LogP contribution in [-0.4, -0.2) is 84.9 Å². The minimum atomic E-state index is -0.519. The van der Waals surface area contributed by atoms with Gasteiger partial charge in [-0.2, -0.15) is 0 Å². The third-order valence-electron chi connectivity index (χ3n) is 5.44. The van der Waals surface area contributed by atoms with E-state index in [4.69, 9.17) is 15.2 Å². The van der Waals surface area contributed by atoms with E-state index in [2.05, 4.69) is 29.0 Å². The summed E-state index contributed by atoms with van der Waals surface area (Å²) < 4.78 is 11.5. The maximum absolute atomic E-state index is 12.5. The molecule has 2 atom stereocenters. The normalized spacial score (nSPS) is 24.0. The smallest absolute Gasteiger partial charge is 0.410 e. The maximum Gasteiger partial charge on any atom is 0.410 e. The molecule has 1 aromatic carbocycles. The summed E-state index contributed by atoms with van der Waals surface area (Å²) in [6.45, 7) is 12.0. The van der Waals surface area contributed by atoms with Crippen molar-refractivity contribution in [3.63, 3.8) is 0 Å². The lowest BCUT2D eigenvalue weighted by atomic mass is 10.2. The number of rotatable bonds is 5. The Labute approximate surface area is 174 Å². The highest BCUT2D eigenvalue weighted by Gasteiger charge is 2.36. The van der Waals surface area contributed by atoms with Crippen LogP contribution in [-0.2, 0) is 11.3 Å². The Hall–Kier alpha value is -1.83. The second-order valence-corrected chi connectivity index (χ2v) is 9.32. The van der Waals surface area contributed by atoms with Crippen molar-refractivity contribution in [1.82, 2.24) is 14.7 Å². The van der Waals surface area contributed by atoms with Crippen LogP contribution in [0.15, 0.2) is 24.3 Å². The van der Waals surface area contributed by atoms with Crippen LogP contribution in [0, 0.1) is 0 Å². The van der Waals surface area contributed by atoms with E-state index in [1.54, 1.807) is 4.90 Å². The van der Waals surface area contributed by atoms with Crippen molar-refractivity contribution < 1.29 is 14.3 Å². The number of carbonyl (C=O) groups excluding carboxylic acids is 1. The van der Waals surface area contributed by atoms with Gasteiger partial charge in [-0.1, -0.05) is 12.1 Å². The van der Waals surface area contributed by atoms with E-state index in [9.17, 15) is 4.79 Å². The molecule has 2 aliphatic rings. The van der Waals surface area contributed by atoms with Crippen LogP contribution in [0.25, 0.3) is 0 Å². The number of nitrogens with two attached hydrogens (primary N) is 1. The van der Waals surface area contributed by atoms with Crippen molar-refractivity contribution in [2.75, 3.05) is 46.4 Å². The quantitative estimate of drug-likeness (QED) is 0.811. The molecule has 162 valence electrons. The summed E-state index contributed by atoms with van der Waals surface area (Å²) in [6.07, 6.45) is 0.405. The summed E-state index contributed by atoms with van der Waals surface area (Å²) in [6, 6.07) is 8.17. The van der Waals surface area contributed by atoms with Gasteiger partial charge in [-0.3, -0.25) is 4.90 Å². The summed E-state index contributed by atoms with van der Waals surface area (Å²) in [5, 5.41) is 0. The number of carbonyl (C=O) groups is 1. The number of piperazine rings is 1. The van der Waals surface area contributed by atoms with E-state index in [-0.39, 0.29) is 18.2 Å². The predicted octanol–water partition coefficient (Wildman–Crippen LogP) is 2.15. The van der Waals surface area contributed by atoms with Gasteiger partial charge in [0.1, 0.15) is 18.0 Å². The Balaban J connectivity index is 1.50. The Bertz CT molecular complexity index is 666. The van der Waals surface area contributed by atoms with Gasteiger partial charge in [0.25, 0.3) is 0 Å². The van der Waals surface area contributed by atoms with Gasteiger partial charge in [0, 0.05) is 45.3 Å². The number of ether oxygens (including phenoxy) is 2. The van der Waals surface area contributed by atoms with Gasteiger partial charge in [0.05, 0.1) is 6.04 Å². The van der Waals surface area contributed by atoms with Crippen LogP contribution in [0.4, 0.5) is 4.79 Å². The van der Waals surface area contributed by atoms with Crippen LogP contribution >= 0.6 is 0 Å². The van der Waals surface area contributed by atoms with E-state index in [0.717, 1.165) is 44.9 Å². The van der Waals surface area contributed by atoms with Crippen molar-refractivity contribution in [3.8, 4) is 5.75 Å². The molecule has 0 aromatic heterocycles. The topological polar surface area (TPSA) is 71.3 Å². The zero-order chi connectivity index (χ0) is 21.0. The first-order valence-electron chi connectivity index (χ1n) is 10.6. The van der Waals surface area contributed by atoms with Crippen LogP contribution in [0.1, 0.15) is 32.8 Å². The molecule has 2 N–H and O–H groups in total. The van der Waals surface area contributed by atoms with Crippen molar-refractivity contribution in [2.45, 2.75) is 51.4 Å². The first kappa shape index (κ1) is 21.9. The minimum Gasteiger partial charge on any atom is -0.491 e. The summed E-state index contributed by atoms with van der Waals surface area (Å²) in [7, 11) is 2.17. The molecule has 3 rings (SSSR count). The number of amides is 1. The number of likely N-dealkylation sites (tertiary alicyclic amines) is 1. The highest BCUT2D eigenvalue weighted by atomic mass is 16.6. The molecular formula is C22H36N4O3. The van der Waals surface area contributed by atoms with Gasteiger partial charge in [-0.25, -0.2) is 4.79 Å². The largest absolute Gasteiger partial charge is 0.491 e. The second kappa shape index (κ2) is 9.32. The SMILES string of the molecule is CN1CCN(Cc2ccc(OC[C@@H]3C[C@H](N)CN3C(=O)OC(C)(C)C)cc2)CC1. The fourth-order valence-electron chi connectivity index (χ4n) is 3.80. The summed E-state index contributed by atoms with van der Waals surface area (Å²) in [4.78, 5) is 19.0. The lowest BCUT2D eigenvalue weighted by Gasteiger charge is -2.32. The van der Waals surface area contributed by atoms with Crippen molar-refractivity contribution >= 4 is 6.09 Å². The number of hydrogen-bond donors (Lipinski definition) is 1. The molecule has 2 heterocycles. The van der Waals surface area contributed by atoms with E-state index < -0.39 is 5.60 Å². The van der Waals surface area contributed by atoms with E-state index in [1.807, 2.05) is 32.9 Å². The molecule has 1 amide bonds. The molecule has 0 aliphatic carbocycles. The summed E-state index contributed by atoms with van der Waals surface area (Å²) >= 11 is 0. The lowest BCUT2D eigenvalue weighted by Crippen LogP contribution is -2.43. The van der Waals surface area contributed by atoms with Crippen LogP contribution < -0.4 is 10.5 Å². The van der Waals surface area contributed by atoms with Gasteiger partial charge >= 0.3 is 6.09 Å². The predicted molar refractivity (Wildman–Crippen MR) is 114 cm³/mol. The second-order valence-electron chi connectivity index (χ2n) is 9.32. The first-order valence-corrected chi connectivity index (χ1v) is 10.6. The fraction of sp³-hybridized carbons (Fsp3) is 0.682. The molecule has 7 heteroatoms. The lowest BCUT2D eigenvalue weighted by molar-refractivity contribution is 0.0186. The molecule has 0 bridgehead atoms. The average Bonchev–Trinajstić information content (AvgIpc) is 3.03. The van der Waals surface area contributed by atoms with Gasteiger partial charge in [0.2, 0.25) is 0 Å². The van der Waals surface area contributed by atoms with Gasteiger partial charge in [-0.15, -0.1) is 0 Å². The number of benzene rings is 1. The molecule has 7 nitrogen and oxygen atoms in total. The molecule has 0 saturated carbocycles. The zero-order valence-electron chi connectivity index (χ0n) is 18.3. The van der Waals surface area contributed by atoms with Crippen LogP contribution in [0.2, 0.25) is 0 Å². The molecular weight excluding hydrogens is 368 g/mol. The molecule has 0 spiro atoms. The van der Waals surface area contributed by atoms with Gasteiger partial charge in [0.15, 0.2) is 0 Å². The molecule has 2 aliphatic heterocycles. The standard InChI is InChI=1S/C22H36N4O3/c1-22(2,3)29-21(27)26-15-18(23)13-19(26)16-28-20-7-5-17(6-8-20)14-25-11-9-24(4)10-12-25/h5-8,18-19H,9-16,23H2,1-4H3/t18-,19-/m0/s1. The number of nitrogens with zero attached hydrogens (tertiary/aromatic N) is 3. The zero-order valence-corrected chi connectivity index (χ0v) is 18.3. The molecule has 29 heavy (non-hydrogen) atoms. The number of likely N-dealkylation sites (N-methyl/N-ethyl adjacent to an activating group) is 1. The third kappa shape index (κ3) is 6.59. The minimum absolute atomic E-state index is 0.0397. The van der Waals surface area contributed by atoms with E-state index >= 15 is 0 Å². The van der Waals surface area contributed by atoms with Crippen molar-refractivity contribution in [2.24, 2.45) is 5.73 Å². The van der Waals surface area contributed by atoms with Crippen molar-refractivity contribution in [1.29, 1.82) is 0 Å². The van der Waals surface area contributed by atoms with Crippen LogP contribution in [0.3, 0.4) is 0 Å². The Morgan fingerprint density at radius 1 is 1.14 bits per heavy atom. The van der Waals surface area contributed by atoms with Gasteiger partial charge in [-0.05, 0) is 51.9 Å². The number of hydrogen-bond acceptors (Lipinski definition) is 6. The Kier molecular flexibility index (Phi) is 7.03. The monoisotopic (exact) mass is 404 g/mol. The summed E-state index contributed by atoms with van der Waals surface area (Å²) in [5.41, 5.74) is 6.86. The van der Waals surface area contributed by atoms with Crippen LogP contribution in [0.5, 0.6) is 5.75 Å². The summed E-state index contributed by atoms with van der Waals surface area (Å²) in [5.74, 6) is 0.816. The first-order chi connectivity index (χ1) is 13.7. The maximum atomic E-state index is 12.5. The Morgan fingerprint density at radius 2 is 1.79 bits per heavy atom. The molecule has 0 radical (unpaired) electrons. The van der Waals surface area contributed by atoms with Crippen molar-refractivity contribution in [3.05, 3.63) is 29.8 Å². The average molecular weight is 405 g/mol.